The van der Waals surface area contributed by atoms with E-state index in [0.717, 1.165) is 44.2 Å². The second-order valence-corrected chi connectivity index (χ2v) is 3.99. The largest absolute Gasteiger partial charge is 0.411 e. The van der Waals surface area contributed by atoms with Crippen molar-refractivity contribution in [3.8, 4) is 0 Å². The molecule has 0 aromatic rings. The van der Waals surface area contributed by atoms with Crippen LogP contribution in [0.15, 0.2) is 16.3 Å². The Morgan fingerprint density at radius 3 is 2.92 bits per heavy atom. The molecule has 1 atom stereocenters. The van der Waals surface area contributed by atoms with Crippen LogP contribution >= 0.6 is 0 Å². The zero-order valence-corrected chi connectivity index (χ0v) is 7.79. The fourth-order valence-electron chi connectivity index (χ4n) is 2.38. The van der Waals surface area contributed by atoms with Crippen LogP contribution in [-0.4, -0.2) is 17.0 Å². The first-order valence-electron chi connectivity index (χ1n) is 4.99. The maximum atomic E-state index is 8.82. The van der Waals surface area contributed by atoms with Crippen molar-refractivity contribution in [1.82, 2.24) is 0 Å². The summed E-state index contributed by atoms with van der Waals surface area (Å²) in [5.41, 5.74) is 9.55. The summed E-state index contributed by atoms with van der Waals surface area (Å²) in [5.74, 6) is 0. The predicted octanol–water partition coefficient (Wildman–Crippen LogP) is 1.81. The SMILES string of the molecule is NC1CCC2=C(CCCC2=NO)C1. The maximum absolute atomic E-state index is 8.82. The van der Waals surface area contributed by atoms with Gasteiger partial charge in [-0.1, -0.05) is 10.7 Å². The summed E-state index contributed by atoms with van der Waals surface area (Å²) in [6.07, 6.45) is 6.26. The van der Waals surface area contributed by atoms with Crippen LogP contribution in [0.25, 0.3) is 0 Å². The zero-order chi connectivity index (χ0) is 9.26. The van der Waals surface area contributed by atoms with Crippen LogP contribution < -0.4 is 5.73 Å². The molecule has 0 spiro atoms. The molecule has 0 heterocycles. The molecule has 0 saturated carbocycles. The van der Waals surface area contributed by atoms with Crippen molar-refractivity contribution < 1.29 is 5.21 Å². The highest BCUT2D eigenvalue weighted by Crippen LogP contribution is 2.33. The van der Waals surface area contributed by atoms with E-state index in [9.17, 15) is 0 Å². The molecule has 1 unspecified atom stereocenters. The smallest absolute Gasteiger partial charge is 0.0827 e. The molecule has 0 amide bonds. The van der Waals surface area contributed by atoms with Crippen molar-refractivity contribution in [3.63, 3.8) is 0 Å². The Hall–Kier alpha value is -0.830. The van der Waals surface area contributed by atoms with Crippen LogP contribution in [0.1, 0.15) is 38.5 Å². The lowest BCUT2D eigenvalue weighted by atomic mass is 9.79. The van der Waals surface area contributed by atoms with Gasteiger partial charge in [-0.2, -0.15) is 0 Å². The van der Waals surface area contributed by atoms with Crippen molar-refractivity contribution >= 4 is 5.71 Å². The van der Waals surface area contributed by atoms with Gasteiger partial charge in [0, 0.05) is 6.04 Å². The zero-order valence-electron chi connectivity index (χ0n) is 7.79. The third-order valence-corrected chi connectivity index (χ3v) is 3.06. The minimum Gasteiger partial charge on any atom is -0.411 e. The number of hydrogen-bond donors (Lipinski definition) is 2. The summed E-state index contributed by atoms with van der Waals surface area (Å²) in [5, 5.41) is 12.2. The van der Waals surface area contributed by atoms with E-state index in [1.807, 2.05) is 0 Å². The van der Waals surface area contributed by atoms with Gasteiger partial charge in [0.1, 0.15) is 0 Å². The van der Waals surface area contributed by atoms with E-state index in [2.05, 4.69) is 5.16 Å². The van der Waals surface area contributed by atoms with E-state index in [0.29, 0.717) is 6.04 Å². The average Bonchev–Trinajstić information content (AvgIpc) is 2.16. The van der Waals surface area contributed by atoms with Gasteiger partial charge in [0.05, 0.1) is 5.71 Å². The summed E-state index contributed by atoms with van der Waals surface area (Å²) in [6, 6.07) is 0.330. The number of allylic oxidation sites excluding steroid dienone is 1. The molecule has 3 N–H and O–H groups in total. The molecule has 0 aromatic heterocycles. The van der Waals surface area contributed by atoms with Gasteiger partial charge in [-0.05, 0) is 44.1 Å². The van der Waals surface area contributed by atoms with Gasteiger partial charge >= 0.3 is 0 Å². The number of rotatable bonds is 0. The molecule has 0 aliphatic heterocycles. The van der Waals surface area contributed by atoms with Gasteiger partial charge in [0.2, 0.25) is 0 Å². The summed E-state index contributed by atoms with van der Waals surface area (Å²) in [4.78, 5) is 0. The van der Waals surface area contributed by atoms with Gasteiger partial charge < -0.3 is 10.9 Å². The molecule has 2 rings (SSSR count). The standard InChI is InChI=1S/C10H16N2O/c11-8-4-5-9-7(6-8)2-1-3-10(9)12-13/h8,13H,1-6,11H2. The van der Waals surface area contributed by atoms with Gasteiger partial charge in [-0.15, -0.1) is 0 Å². The first-order valence-corrected chi connectivity index (χ1v) is 4.99. The van der Waals surface area contributed by atoms with Crippen LogP contribution in [0.5, 0.6) is 0 Å². The summed E-state index contributed by atoms with van der Waals surface area (Å²) >= 11 is 0. The lowest BCUT2D eigenvalue weighted by Gasteiger charge is -2.28. The molecule has 0 saturated heterocycles. The fourth-order valence-corrected chi connectivity index (χ4v) is 2.38. The number of nitrogens with zero attached hydrogens (tertiary/aromatic N) is 1. The Balaban J connectivity index is 2.27. The van der Waals surface area contributed by atoms with Crippen LogP contribution in [0.2, 0.25) is 0 Å². The van der Waals surface area contributed by atoms with Gasteiger partial charge in [0.15, 0.2) is 0 Å². The van der Waals surface area contributed by atoms with Crippen molar-refractivity contribution in [2.45, 2.75) is 44.6 Å². The summed E-state index contributed by atoms with van der Waals surface area (Å²) < 4.78 is 0. The molecule has 0 aromatic carbocycles. The molecule has 0 fully saturated rings. The van der Waals surface area contributed by atoms with E-state index < -0.39 is 0 Å². The normalized spacial score (nSPS) is 32.1. The highest BCUT2D eigenvalue weighted by Gasteiger charge is 2.24. The third-order valence-electron chi connectivity index (χ3n) is 3.06. The molecular weight excluding hydrogens is 164 g/mol. The molecule has 0 radical (unpaired) electrons. The van der Waals surface area contributed by atoms with Crippen molar-refractivity contribution in [3.05, 3.63) is 11.1 Å². The van der Waals surface area contributed by atoms with Crippen LogP contribution in [0, 0.1) is 0 Å². The number of nitrogens with two attached hydrogens (primary N) is 1. The third kappa shape index (κ3) is 1.61. The van der Waals surface area contributed by atoms with E-state index in [-0.39, 0.29) is 0 Å². The topological polar surface area (TPSA) is 58.6 Å². The highest BCUT2D eigenvalue weighted by molar-refractivity contribution is 6.01. The monoisotopic (exact) mass is 180 g/mol. The Morgan fingerprint density at radius 2 is 2.15 bits per heavy atom. The second kappa shape index (κ2) is 3.50. The Morgan fingerprint density at radius 1 is 1.31 bits per heavy atom. The predicted molar refractivity (Wildman–Crippen MR) is 51.9 cm³/mol. The second-order valence-electron chi connectivity index (χ2n) is 3.99. The minimum absolute atomic E-state index is 0.330. The van der Waals surface area contributed by atoms with Gasteiger partial charge in [-0.3, -0.25) is 0 Å². The quantitative estimate of drug-likeness (QED) is 0.441. The van der Waals surface area contributed by atoms with Crippen LogP contribution in [0.3, 0.4) is 0 Å². The van der Waals surface area contributed by atoms with Crippen molar-refractivity contribution in [2.24, 2.45) is 10.9 Å². The van der Waals surface area contributed by atoms with Crippen molar-refractivity contribution in [1.29, 1.82) is 0 Å². The lowest BCUT2D eigenvalue weighted by Crippen LogP contribution is -2.28. The molecule has 13 heavy (non-hydrogen) atoms. The molecule has 0 bridgehead atoms. The van der Waals surface area contributed by atoms with Crippen LogP contribution in [0.4, 0.5) is 0 Å². The Kier molecular flexibility index (Phi) is 2.36. The van der Waals surface area contributed by atoms with E-state index >= 15 is 0 Å². The average molecular weight is 180 g/mol. The first-order chi connectivity index (χ1) is 6.31. The van der Waals surface area contributed by atoms with E-state index in [1.54, 1.807) is 0 Å². The fraction of sp³-hybridized carbons (Fsp3) is 0.700. The lowest BCUT2D eigenvalue weighted by molar-refractivity contribution is 0.316. The van der Waals surface area contributed by atoms with E-state index in [4.69, 9.17) is 10.9 Å². The summed E-state index contributed by atoms with van der Waals surface area (Å²) in [7, 11) is 0. The molecule has 72 valence electrons. The van der Waals surface area contributed by atoms with Crippen molar-refractivity contribution in [2.75, 3.05) is 0 Å². The highest BCUT2D eigenvalue weighted by atomic mass is 16.4. The van der Waals surface area contributed by atoms with E-state index in [1.165, 1.54) is 11.1 Å². The first kappa shape index (κ1) is 8.75. The Labute approximate surface area is 78.3 Å². The summed E-state index contributed by atoms with van der Waals surface area (Å²) in [6.45, 7) is 0. The number of oxime groups is 1. The van der Waals surface area contributed by atoms with Gasteiger partial charge in [-0.25, -0.2) is 0 Å². The number of hydrogen-bond acceptors (Lipinski definition) is 3. The Bertz CT molecular complexity index is 268. The molecule has 3 nitrogen and oxygen atoms in total. The molecule has 2 aliphatic rings. The van der Waals surface area contributed by atoms with Crippen LogP contribution in [-0.2, 0) is 0 Å². The van der Waals surface area contributed by atoms with Gasteiger partial charge in [0.25, 0.3) is 0 Å². The molecule has 2 aliphatic carbocycles. The molecule has 3 heteroatoms. The maximum Gasteiger partial charge on any atom is 0.0827 e. The minimum atomic E-state index is 0.330. The molecular formula is C10H16N2O.